The summed E-state index contributed by atoms with van der Waals surface area (Å²) in [7, 11) is 0. The number of hydrogen-bond acceptors (Lipinski definition) is 5. The number of nitrogens with zero attached hydrogens (tertiary/aromatic N) is 1. The van der Waals surface area contributed by atoms with Gasteiger partial charge in [-0.1, -0.05) is 0 Å². The van der Waals surface area contributed by atoms with Crippen LogP contribution in [0, 0.1) is 3.70 Å². The highest BCUT2D eigenvalue weighted by molar-refractivity contribution is 14.1. The minimum atomic E-state index is -4.89. The van der Waals surface area contributed by atoms with Crippen LogP contribution in [0.3, 0.4) is 0 Å². The first-order valence-corrected chi connectivity index (χ1v) is 6.64. The first-order valence-electron chi connectivity index (χ1n) is 5.56. The minimum Gasteiger partial charge on any atom is -0.466 e. The summed E-state index contributed by atoms with van der Waals surface area (Å²) in [6, 6.07) is 1.37. The van der Waals surface area contributed by atoms with E-state index in [1.54, 1.807) is 6.92 Å². The van der Waals surface area contributed by atoms with Crippen LogP contribution in [-0.4, -0.2) is 23.9 Å². The topological polar surface area (TPSA) is 74.4 Å². The Bertz CT molecular complexity index is 495. The molecule has 0 aromatic carbocycles. The zero-order valence-corrected chi connectivity index (χ0v) is 12.6. The second-order valence-electron chi connectivity index (χ2n) is 3.61. The third-order valence-corrected chi connectivity index (χ3v) is 2.70. The van der Waals surface area contributed by atoms with Gasteiger partial charge in [0.15, 0.2) is 5.75 Å². The van der Waals surface area contributed by atoms with Crippen LogP contribution in [0.5, 0.6) is 5.75 Å². The molecular weight excluding hydrogens is 392 g/mol. The molecule has 0 amide bonds. The average molecular weight is 404 g/mol. The van der Waals surface area contributed by atoms with Gasteiger partial charge in [0.05, 0.1) is 18.7 Å². The fourth-order valence-electron chi connectivity index (χ4n) is 1.47. The molecule has 0 bridgehead atoms. The molecule has 0 fully saturated rings. The number of rotatable bonds is 5. The maximum absolute atomic E-state index is 12.4. The molecule has 0 aliphatic rings. The molecular formula is C11H12F3IN2O3. The summed E-state index contributed by atoms with van der Waals surface area (Å²) in [5.74, 6) is -1.22. The normalized spacial score (nSPS) is 11.3. The number of nitrogens with two attached hydrogens (primary N) is 1. The smallest absolute Gasteiger partial charge is 0.466 e. The van der Waals surface area contributed by atoms with Gasteiger partial charge in [0, 0.05) is 12.1 Å². The Balaban J connectivity index is 3.18. The number of ether oxygens (including phenoxy) is 2. The summed E-state index contributed by atoms with van der Waals surface area (Å²) in [4.78, 5) is 15.3. The maximum atomic E-state index is 12.4. The van der Waals surface area contributed by atoms with E-state index in [4.69, 9.17) is 10.5 Å². The van der Waals surface area contributed by atoms with E-state index in [-0.39, 0.29) is 24.4 Å². The number of hydrogen-bond donors (Lipinski definition) is 1. The van der Waals surface area contributed by atoms with Gasteiger partial charge in [0.25, 0.3) is 0 Å². The minimum absolute atomic E-state index is 0.126. The molecule has 0 spiro atoms. The molecule has 0 unspecified atom stereocenters. The van der Waals surface area contributed by atoms with E-state index in [2.05, 4.69) is 9.72 Å². The molecule has 9 heteroatoms. The monoisotopic (exact) mass is 404 g/mol. The quantitative estimate of drug-likeness (QED) is 0.463. The zero-order chi connectivity index (χ0) is 15.3. The van der Waals surface area contributed by atoms with E-state index in [1.807, 2.05) is 22.6 Å². The highest BCUT2D eigenvalue weighted by atomic mass is 127. The Labute approximate surface area is 126 Å². The van der Waals surface area contributed by atoms with Crippen molar-refractivity contribution in [3.8, 4) is 5.75 Å². The lowest BCUT2D eigenvalue weighted by Gasteiger charge is -2.16. The third kappa shape index (κ3) is 5.12. The number of carbonyl (C=O) groups is 1. The van der Waals surface area contributed by atoms with Gasteiger partial charge in [-0.05, 0) is 35.6 Å². The molecule has 0 aliphatic heterocycles. The fraction of sp³-hybridized carbons (Fsp3) is 0.455. The van der Waals surface area contributed by atoms with Gasteiger partial charge in [-0.25, -0.2) is 4.98 Å². The summed E-state index contributed by atoms with van der Waals surface area (Å²) < 4.78 is 46.3. The maximum Gasteiger partial charge on any atom is 0.573 e. The standard InChI is InChI=1S/C11H12F3IN2O3/c1-2-19-9(18)4-7-10(20-11(12,13)14)6(5-16)3-8(15)17-7/h3H,2,4-5,16H2,1H3. The molecule has 0 aliphatic carbocycles. The predicted molar refractivity (Wildman–Crippen MR) is 71.9 cm³/mol. The highest BCUT2D eigenvalue weighted by Gasteiger charge is 2.34. The van der Waals surface area contributed by atoms with Gasteiger partial charge in [0.1, 0.15) is 3.70 Å². The molecule has 1 aromatic rings. The summed E-state index contributed by atoms with van der Waals surface area (Å²) in [5, 5.41) is 0. The van der Waals surface area contributed by atoms with Crippen molar-refractivity contribution in [2.24, 2.45) is 5.73 Å². The molecule has 0 atom stereocenters. The number of alkyl halides is 3. The molecule has 0 saturated carbocycles. The number of carbonyl (C=O) groups excluding carboxylic acids is 1. The van der Waals surface area contributed by atoms with E-state index in [0.29, 0.717) is 3.70 Å². The Morgan fingerprint density at radius 1 is 1.50 bits per heavy atom. The Morgan fingerprint density at radius 2 is 2.15 bits per heavy atom. The second-order valence-corrected chi connectivity index (χ2v) is 4.72. The molecule has 1 heterocycles. The van der Waals surface area contributed by atoms with Crippen molar-refractivity contribution in [1.29, 1.82) is 0 Å². The molecule has 20 heavy (non-hydrogen) atoms. The molecule has 1 rings (SSSR count). The Hall–Kier alpha value is -1.10. The fourth-order valence-corrected chi connectivity index (χ4v) is 2.13. The van der Waals surface area contributed by atoms with Gasteiger partial charge in [0.2, 0.25) is 0 Å². The summed E-state index contributed by atoms with van der Waals surface area (Å²) in [5.41, 5.74) is 5.38. The number of esters is 1. The molecule has 1 aromatic heterocycles. The zero-order valence-electron chi connectivity index (χ0n) is 10.5. The second kappa shape index (κ2) is 7.07. The highest BCUT2D eigenvalue weighted by Crippen LogP contribution is 2.30. The van der Waals surface area contributed by atoms with Crippen molar-refractivity contribution in [1.82, 2.24) is 4.98 Å². The van der Waals surface area contributed by atoms with Gasteiger partial charge < -0.3 is 15.2 Å². The van der Waals surface area contributed by atoms with Gasteiger partial charge in [-0.2, -0.15) is 0 Å². The van der Waals surface area contributed by atoms with Crippen LogP contribution in [0.2, 0.25) is 0 Å². The van der Waals surface area contributed by atoms with E-state index in [0.717, 1.165) is 0 Å². The summed E-state index contributed by atoms with van der Waals surface area (Å²) >= 11 is 1.82. The van der Waals surface area contributed by atoms with Crippen molar-refractivity contribution in [3.05, 3.63) is 21.0 Å². The average Bonchev–Trinajstić information content (AvgIpc) is 2.31. The molecule has 112 valence electrons. The van der Waals surface area contributed by atoms with E-state index < -0.39 is 24.5 Å². The molecule has 0 radical (unpaired) electrons. The van der Waals surface area contributed by atoms with Crippen molar-refractivity contribution < 1.29 is 27.4 Å². The van der Waals surface area contributed by atoms with Gasteiger partial charge in [-0.15, -0.1) is 13.2 Å². The Kier molecular flexibility index (Phi) is 5.99. The molecule has 5 nitrogen and oxygen atoms in total. The predicted octanol–water partition coefficient (Wildman–Crippen LogP) is 2.15. The van der Waals surface area contributed by atoms with Crippen LogP contribution in [0.1, 0.15) is 18.2 Å². The number of halogens is 4. The Morgan fingerprint density at radius 3 is 2.65 bits per heavy atom. The van der Waals surface area contributed by atoms with E-state index in [9.17, 15) is 18.0 Å². The van der Waals surface area contributed by atoms with Crippen LogP contribution in [-0.2, 0) is 22.5 Å². The number of pyridine rings is 1. The lowest BCUT2D eigenvalue weighted by molar-refractivity contribution is -0.275. The van der Waals surface area contributed by atoms with Gasteiger partial charge >= 0.3 is 12.3 Å². The van der Waals surface area contributed by atoms with Crippen LogP contribution in [0.25, 0.3) is 0 Å². The first kappa shape index (κ1) is 17.0. The van der Waals surface area contributed by atoms with Crippen LogP contribution >= 0.6 is 22.6 Å². The van der Waals surface area contributed by atoms with Crippen molar-refractivity contribution in [3.63, 3.8) is 0 Å². The van der Waals surface area contributed by atoms with E-state index >= 15 is 0 Å². The van der Waals surface area contributed by atoms with Crippen LogP contribution in [0.15, 0.2) is 6.07 Å². The summed E-state index contributed by atoms with van der Waals surface area (Å²) in [6.07, 6.45) is -5.30. The van der Waals surface area contributed by atoms with Crippen LogP contribution in [0.4, 0.5) is 13.2 Å². The van der Waals surface area contributed by atoms with Crippen molar-refractivity contribution >= 4 is 28.6 Å². The molecule has 0 saturated heterocycles. The largest absolute Gasteiger partial charge is 0.573 e. The SMILES string of the molecule is CCOC(=O)Cc1nc(I)cc(CN)c1OC(F)(F)F. The van der Waals surface area contributed by atoms with Crippen molar-refractivity contribution in [2.75, 3.05) is 6.61 Å². The van der Waals surface area contributed by atoms with Crippen LogP contribution < -0.4 is 10.5 Å². The first-order chi connectivity index (χ1) is 9.26. The lowest BCUT2D eigenvalue weighted by atomic mass is 10.1. The third-order valence-electron chi connectivity index (χ3n) is 2.14. The van der Waals surface area contributed by atoms with E-state index in [1.165, 1.54) is 6.07 Å². The number of aromatic nitrogens is 1. The molecule has 2 N–H and O–H groups in total. The van der Waals surface area contributed by atoms with Crippen molar-refractivity contribution in [2.45, 2.75) is 26.3 Å². The van der Waals surface area contributed by atoms with Gasteiger partial charge in [-0.3, -0.25) is 4.79 Å². The lowest BCUT2D eigenvalue weighted by Crippen LogP contribution is -2.22. The summed E-state index contributed by atoms with van der Waals surface area (Å²) in [6.45, 7) is 1.56.